The maximum atomic E-state index is 12.1. The van der Waals surface area contributed by atoms with E-state index in [4.69, 9.17) is 5.26 Å². The molecule has 2 aromatic rings. The molecule has 5 nitrogen and oxygen atoms in total. The number of thioether (sulfide) groups is 1. The van der Waals surface area contributed by atoms with Gasteiger partial charge in [-0.3, -0.25) is 9.89 Å². The standard InChI is InChI=1S/C13H12N4OS/c1-9-8-12(17-16-9)15-13(18)10-4-2-3-5-11(10)19-7-6-14/h2-5,8H,7H2,1H3,(H2,15,16,17,18). The molecule has 0 aliphatic heterocycles. The third-order valence-electron chi connectivity index (χ3n) is 2.37. The van der Waals surface area contributed by atoms with Crippen LogP contribution in [0.1, 0.15) is 16.1 Å². The van der Waals surface area contributed by atoms with Gasteiger partial charge in [0.15, 0.2) is 5.82 Å². The van der Waals surface area contributed by atoms with E-state index in [2.05, 4.69) is 15.5 Å². The molecule has 2 N–H and O–H groups in total. The first-order valence-electron chi connectivity index (χ1n) is 5.63. The van der Waals surface area contributed by atoms with E-state index >= 15 is 0 Å². The number of nitriles is 1. The lowest BCUT2D eigenvalue weighted by molar-refractivity contribution is 0.102. The lowest BCUT2D eigenvalue weighted by atomic mass is 10.2. The molecular formula is C13H12N4OS. The SMILES string of the molecule is Cc1cc(NC(=O)c2ccccc2SCC#N)n[nH]1. The fraction of sp³-hybridized carbons (Fsp3) is 0.154. The number of nitrogens with one attached hydrogen (secondary N) is 2. The third-order valence-corrected chi connectivity index (χ3v) is 3.31. The molecule has 0 unspecified atom stereocenters. The van der Waals surface area contributed by atoms with E-state index in [1.807, 2.05) is 25.1 Å². The molecule has 0 aliphatic rings. The molecular weight excluding hydrogens is 260 g/mol. The van der Waals surface area contributed by atoms with Gasteiger partial charge in [0.05, 0.1) is 17.4 Å². The largest absolute Gasteiger partial charge is 0.305 e. The highest BCUT2D eigenvalue weighted by molar-refractivity contribution is 7.99. The Kier molecular flexibility index (Phi) is 4.21. The van der Waals surface area contributed by atoms with Crippen molar-refractivity contribution >= 4 is 23.5 Å². The van der Waals surface area contributed by atoms with Crippen molar-refractivity contribution in [3.8, 4) is 6.07 Å². The average Bonchev–Trinajstić information content (AvgIpc) is 2.82. The third kappa shape index (κ3) is 3.36. The molecule has 1 aromatic heterocycles. The van der Waals surface area contributed by atoms with Crippen molar-refractivity contribution in [2.75, 3.05) is 11.1 Å². The van der Waals surface area contributed by atoms with Crippen molar-refractivity contribution in [1.29, 1.82) is 5.26 Å². The number of nitrogens with zero attached hydrogens (tertiary/aromatic N) is 2. The summed E-state index contributed by atoms with van der Waals surface area (Å²) in [5.74, 6) is 0.571. The van der Waals surface area contributed by atoms with Crippen molar-refractivity contribution in [2.45, 2.75) is 11.8 Å². The van der Waals surface area contributed by atoms with Gasteiger partial charge in [0, 0.05) is 16.7 Å². The number of rotatable bonds is 4. The molecule has 1 amide bonds. The van der Waals surface area contributed by atoms with E-state index < -0.39 is 0 Å². The summed E-state index contributed by atoms with van der Waals surface area (Å²) in [6.45, 7) is 1.86. The number of amides is 1. The average molecular weight is 272 g/mol. The van der Waals surface area contributed by atoms with Crippen LogP contribution in [-0.2, 0) is 0 Å². The van der Waals surface area contributed by atoms with Crippen LogP contribution in [0, 0.1) is 18.3 Å². The lowest BCUT2D eigenvalue weighted by Crippen LogP contribution is -2.13. The molecule has 1 heterocycles. The Bertz CT molecular complexity index is 630. The quantitative estimate of drug-likeness (QED) is 0.838. The molecule has 0 radical (unpaired) electrons. The summed E-state index contributed by atoms with van der Waals surface area (Å²) in [5.41, 5.74) is 1.42. The fourth-order valence-corrected chi connectivity index (χ4v) is 2.27. The first-order chi connectivity index (χ1) is 9.20. The highest BCUT2D eigenvalue weighted by atomic mass is 32.2. The van der Waals surface area contributed by atoms with Gasteiger partial charge in [0.1, 0.15) is 0 Å². The minimum absolute atomic E-state index is 0.229. The molecule has 0 saturated heterocycles. The Labute approximate surface area is 115 Å². The smallest absolute Gasteiger partial charge is 0.258 e. The monoisotopic (exact) mass is 272 g/mol. The number of H-pyrrole nitrogens is 1. The Morgan fingerprint density at radius 3 is 3.00 bits per heavy atom. The molecule has 96 valence electrons. The van der Waals surface area contributed by atoms with Gasteiger partial charge in [-0.15, -0.1) is 11.8 Å². The fourth-order valence-electron chi connectivity index (χ4n) is 1.56. The van der Waals surface area contributed by atoms with Crippen LogP contribution in [0.15, 0.2) is 35.2 Å². The van der Waals surface area contributed by atoms with Gasteiger partial charge >= 0.3 is 0 Å². The summed E-state index contributed by atoms with van der Waals surface area (Å²) < 4.78 is 0. The van der Waals surface area contributed by atoms with Gasteiger partial charge in [-0.05, 0) is 19.1 Å². The number of carbonyl (C=O) groups is 1. The predicted octanol–water partition coefficient (Wildman–Crippen LogP) is 2.59. The molecule has 0 fully saturated rings. The Morgan fingerprint density at radius 2 is 2.32 bits per heavy atom. The molecule has 6 heteroatoms. The normalized spacial score (nSPS) is 9.89. The molecule has 2 rings (SSSR count). The molecule has 0 spiro atoms. The van der Waals surface area contributed by atoms with Crippen LogP contribution >= 0.6 is 11.8 Å². The summed E-state index contributed by atoms with van der Waals surface area (Å²) in [6.07, 6.45) is 0. The van der Waals surface area contributed by atoms with Gasteiger partial charge < -0.3 is 5.32 Å². The van der Waals surface area contributed by atoms with E-state index in [0.717, 1.165) is 10.6 Å². The van der Waals surface area contributed by atoms with Crippen molar-refractivity contribution in [3.05, 3.63) is 41.6 Å². The molecule has 1 aromatic carbocycles. The summed E-state index contributed by atoms with van der Waals surface area (Å²) >= 11 is 1.34. The van der Waals surface area contributed by atoms with E-state index in [-0.39, 0.29) is 5.91 Å². The Morgan fingerprint density at radius 1 is 1.53 bits per heavy atom. The van der Waals surface area contributed by atoms with Crippen LogP contribution in [0.3, 0.4) is 0 Å². The lowest BCUT2D eigenvalue weighted by Gasteiger charge is -2.06. The maximum absolute atomic E-state index is 12.1. The number of aromatic nitrogens is 2. The van der Waals surface area contributed by atoms with Crippen LogP contribution in [0.25, 0.3) is 0 Å². The van der Waals surface area contributed by atoms with Gasteiger partial charge in [0.25, 0.3) is 5.91 Å². The minimum atomic E-state index is -0.229. The van der Waals surface area contributed by atoms with Crippen molar-refractivity contribution < 1.29 is 4.79 Å². The summed E-state index contributed by atoms with van der Waals surface area (Å²) in [4.78, 5) is 12.9. The van der Waals surface area contributed by atoms with Crippen molar-refractivity contribution in [3.63, 3.8) is 0 Å². The van der Waals surface area contributed by atoms with Crippen molar-refractivity contribution in [2.24, 2.45) is 0 Å². The summed E-state index contributed by atoms with van der Waals surface area (Å²) in [7, 11) is 0. The van der Waals surface area contributed by atoms with Crippen LogP contribution < -0.4 is 5.32 Å². The first kappa shape index (κ1) is 13.2. The van der Waals surface area contributed by atoms with Crippen LogP contribution in [0.2, 0.25) is 0 Å². The number of carbonyl (C=O) groups excluding carboxylic acids is 1. The predicted molar refractivity (Wildman–Crippen MR) is 74.1 cm³/mol. The van der Waals surface area contributed by atoms with Crippen LogP contribution in [0.4, 0.5) is 5.82 Å². The van der Waals surface area contributed by atoms with E-state index in [1.165, 1.54) is 11.8 Å². The number of anilines is 1. The molecule has 0 aliphatic carbocycles. The maximum Gasteiger partial charge on any atom is 0.258 e. The minimum Gasteiger partial charge on any atom is -0.305 e. The van der Waals surface area contributed by atoms with Gasteiger partial charge in [-0.2, -0.15) is 10.4 Å². The van der Waals surface area contributed by atoms with Gasteiger partial charge in [0.2, 0.25) is 0 Å². The number of aryl methyl sites for hydroxylation is 1. The molecule has 0 atom stereocenters. The second-order valence-electron chi connectivity index (χ2n) is 3.83. The summed E-state index contributed by atoms with van der Waals surface area (Å²) in [6, 6.07) is 11.0. The Hall–Kier alpha value is -2.26. The Balaban J connectivity index is 2.16. The zero-order chi connectivity index (χ0) is 13.7. The number of hydrogen-bond acceptors (Lipinski definition) is 4. The van der Waals surface area contributed by atoms with Crippen molar-refractivity contribution in [1.82, 2.24) is 10.2 Å². The number of aromatic amines is 1. The highest BCUT2D eigenvalue weighted by Crippen LogP contribution is 2.23. The van der Waals surface area contributed by atoms with E-state index in [9.17, 15) is 4.79 Å². The van der Waals surface area contributed by atoms with E-state index in [0.29, 0.717) is 17.1 Å². The van der Waals surface area contributed by atoms with Gasteiger partial charge in [-0.1, -0.05) is 12.1 Å². The number of benzene rings is 1. The van der Waals surface area contributed by atoms with Crippen LogP contribution in [-0.4, -0.2) is 21.9 Å². The topological polar surface area (TPSA) is 81.6 Å². The zero-order valence-corrected chi connectivity index (χ0v) is 11.1. The molecule has 19 heavy (non-hydrogen) atoms. The molecule has 0 saturated carbocycles. The summed E-state index contributed by atoms with van der Waals surface area (Å²) in [5, 5.41) is 18.0. The van der Waals surface area contributed by atoms with E-state index in [1.54, 1.807) is 18.2 Å². The highest BCUT2D eigenvalue weighted by Gasteiger charge is 2.12. The first-order valence-corrected chi connectivity index (χ1v) is 6.61. The zero-order valence-electron chi connectivity index (χ0n) is 10.3. The number of hydrogen-bond donors (Lipinski definition) is 2. The van der Waals surface area contributed by atoms with Gasteiger partial charge in [-0.25, -0.2) is 0 Å². The molecule has 0 bridgehead atoms. The second kappa shape index (κ2) is 6.07. The second-order valence-corrected chi connectivity index (χ2v) is 4.85. The van der Waals surface area contributed by atoms with Crippen LogP contribution in [0.5, 0.6) is 0 Å².